The first-order chi connectivity index (χ1) is 37.5. The van der Waals surface area contributed by atoms with E-state index in [0.29, 0.717) is 19.3 Å². The standard InChI is InChI=1S/C70H134O6/c1-4-7-10-13-16-19-22-25-28-31-33-34-35-36-38-39-42-45-48-51-54-57-60-63-69(72)75-66-67(65-74-68(71)62-59-56-53-50-47-44-41-30-27-24-21-18-15-12-9-6-3)76-70(73)64-61-58-55-52-49-46-43-40-37-32-29-26-23-20-17-14-11-8-5-2/h30,41,67H,4-29,31-40,42-66H2,1-3H3/b41-30-. The average molecular weight is 1070 g/mol. The second-order valence-corrected chi connectivity index (χ2v) is 23.8. The largest absolute Gasteiger partial charge is 0.462 e. The molecule has 0 fully saturated rings. The summed E-state index contributed by atoms with van der Waals surface area (Å²) in [6.07, 6.45) is 78.0. The summed E-state index contributed by atoms with van der Waals surface area (Å²) in [4.78, 5) is 38.4. The Morgan fingerprint density at radius 1 is 0.250 bits per heavy atom. The number of unbranched alkanes of at least 4 members (excludes halogenated alkanes) is 52. The van der Waals surface area contributed by atoms with Crippen molar-refractivity contribution in [2.45, 2.75) is 406 Å². The van der Waals surface area contributed by atoms with E-state index in [1.54, 1.807) is 0 Å². The zero-order chi connectivity index (χ0) is 55.0. The summed E-state index contributed by atoms with van der Waals surface area (Å²) >= 11 is 0. The van der Waals surface area contributed by atoms with Crippen LogP contribution >= 0.6 is 0 Å². The molecule has 76 heavy (non-hydrogen) atoms. The Morgan fingerprint density at radius 3 is 0.658 bits per heavy atom. The summed E-state index contributed by atoms with van der Waals surface area (Å²) in [6.45, 7) is 6.72. The first-order valence-corrected chi connectivity index (χ1v) is 34.7. The van der Waals surface area contributed by atoms with Crippen molar-refractivity contribution >= 4 is 17.9 Å². The lowest BCUT2D eigenvalue weighted by atomic mass is 10.0. The molecule has 1 unspecified atom stereocenters. The van der Waals surface area contributed by atoms with E-state index in [9.17, 15) is 14.4 Å². The smallest absolute Gasteiger partial charge is 0.306 e. The van der Waals surface area contributed by atoms with E-state index in [1.807, 2.05) is 0 Å². The van der Waals surface area contributed by atoms with Crippen LogP contribution in [-0.4, -0.2) is 37.2 Å². The summed E-state index contributed by atoms with van der Waals surface area (Å²) < 4.78 is 17.0. The highest BCUT2D eigenvalue weighted by Crippen LogP contribution is 2.19. The monoisotopic (exact) mass is 1070 g/mol. The molecule has 1 atom stereocenters. The normalized spacial score (nSPS) is 12.0. The zero-order valence-electron chi connectivity index (χ0n) is 51.8. The van der Waals surface area contributed by atoms with Crippen molar-refractivity contribution in [3.8, 4) is 0 Å². The van der Waals surface area contributed by atoms with Crippen molar-refractivity contribution in [1.29, 1.82) is 0 Å². The van der Waals surface area contributed by atoms with Crippen LogP contribution in [0.25, 0.3) is 0 Å². The molecule has 0 bridgehead atoms. The van der Waals surface area contributed by atoms with Crippen molar-refractivity contribution in [2.75, 3.05) is 13.2 Å². The number of carbonyl (C=O) groups is 3. The molecular formula is C70H134O6. The maximum Gasteiger partial charge on any atom is 0.306 e. The van der Waals surface area contributed by atoms with Gasteiger partial charge >= 0.3 is 17.9 Å². The van der Waals surface area contributed by atoms with Crippen LogP contribution in [0.1, 0.15) is 400 Å². The van der Waals surface area contributed by atoms with Gasteiger partial charge in [-0.2, -0.15) is 0 Å². The van der Waals surface area contributed by atoms with E-state index in [2.05, 4.69) is 32.9 Å². The van der Waals surface area contributed by atoms with Gasteiger partial charge in [-0.15, -0.1) is 0 Å². The van der Waals surface area contributed by atoms with Gasteiger partial charge < -0.3 is 14.2 Å². The van der Waals surface area contributed by atoms with Gasteiger partial charge in [0, 0.05) is 19.3 Å². The highest BCUT2D eigenvalue weighted by atomic mass is 16.6. The summed E-state index contributed by atoms with van der Waals surface area (Å²) in [5, 5.41) is 0. The molecule has 0 aliphatic carbocycles. The van der Waals surface area contributed by atoms with Crippen molar-refractivity contribution in [2.24, 2.45) is 0 Å². The molecule has 6 heteroatoms. The molecule has 6 nitrogen and oxygen atoms in total. The van der Waals surface area contributed by atoms with Gasteiger partial charge in [0.05, 0.1) is 0 Å². The molecule has 0 aromatic carbocycles. The van der Waals surface area contributed by atoms with Gasteiger partial charge in [-0.05, 0) is 44.9 Å². The fourth-order valence-corrected chi connectivity index (χ4v) is 10.8. The number of hydrogen-bond acceptors (Lipinski definition) is 6. The minimum absolute atomic E-state index is 0.0656. The fraction of sp³-hybridized carbons (Fsp3) is 0.929. The third kappa shape index (κ3) is 63.0. The van der Waals surface area contributed by atoms with Gasteiger partial charge in [0.15, 0.2) is 6.10 Å². The molecular weight excluding hydrogens is 937 g/mol. The molecule has 0 aromatic rings. The van der Waals surface area contributed by atoms with Crippen molar-refractivity contribution < 1.29 is 28.6 Å². The third-order valence-corrected chi connectivity index (χ3v) is 16.0. The van der Waals surface area contributed by atoms with Gasteiger partial charge in [0.2, 0.25) is 0 Å². The lowest BCUT2D eigenvalue weighted by Gasteiger charge is -2.18. The molecule has 0 radical (unpaired) electrons. The van der Waals surface area contributed by atoms with Crippen LogP contribution in [-0.2, 0) is 28.6 Å². The van der Waals surface area contributed by atoms with Crippen LogP contribution < -0.4 is 0 Å². The number of carbonyl (C=O) groups excluding carboxylic acids is 3. The van der Waals surface area contributed by atoms with E-state index < -0.39 is 6.10 Å². The molecule has 0 spiro atoms. The molecule has 0 saturated carbocycles. The maximum atomic E-state index is 12.9. The zero-order valence-corrected chi connectivity index (χ0v) is 51.8. The fourth-order valence-electron chi connectivity index (χ4n) is 10.8. The number of esters is 3. The third-order valence-electron chi connectivity index (χ3n) is 16.0. The van der Waals surface area contributed by atoms with E-state index in [0.717, 1.165) is 64.2 Å². The Bertz CT molecular complexity index is 1180. The summed E-state index contributed by atoms with van der Waals surface area (Å²) in [5.41, 5.74) is 0. The van der Waals surface area contributed by atoms with E-state index in [4.69, 9.17) is 14.2 Å². The average Bonchev–Trinajstić information content (AvgIpc) is 3.42. The Hall–Kier alpha value is -1.85. The molecule has 0 N–H and O–H groups in total. The highest BCUT2D eigenvalue weighted by molar-refractivity contribution is 5.71. The number of allylic oxidation sites excluding steroid dienone is 2. The van der Waals surface area contributed by atoms with Crippen LogP contribution in [0, 0.1) is 0 Å². The van der Waals surface area contributed by atoms with E-state index >= 15 is 0 Å². The van der Waals surface area contributed by atoms with Crippen molar-refractivity contribution in [1.82, 2.24) is 0 Å². The van der Waals surface area contributed by atoms with Crippen molar-refractivity contribution in [3.05, 3.63) is 12.2 Å². The number of rotatable bonds is 65. The summed E-state index contributed by atoms with van der Waals surface area (Å²) in [7, 11) is 0. The van der Waals surface area contributed by atoms with Gasteiger partial charge in [-0.25, -0.2) is 0 Å². The van der Waals surface area contributed by atoms with Gasteiger partial charge in [0.25, 0.3) is 0 Å². The van der Waals surface area contributed by atoms with Gasteiger partial charge in [-0.1, -0.05) is 348 Å². The lowest BCUT2D eigenvalue weighted by Crippen LogP contribution is -2.30. The minimum atomic E-state index is -0.769. The number of ether oxygens (including phenoxy) is 3. The quantitative estimate of drug-likeness (QED) is 0.0261. The first kappa shape index (κ1) is 74.2. The topological polar surface area (TPSA) is 78.9 Å². The molecule has 0 heterocycles. The Morgan fingerprint density at radius 2 is 0.434 bits per heavy atom. The van der Waals surface area contributed by atoms with Crippen LogP contribution in [0.15, 0.2) is 12.2 Å². The van der Waals surface area contributed by atoms with Crippen LogP contribution in [0.5, 0.6) is 0 Å². The lowest BCUT2D eigenvalue weighted by molar-refractivity contribution is -0.167. The van der Waals surface area contributed by atoms with Crippen molar-refractivity contribution in [3.63, 3.8) is 0 Å². The molecule has 450 valence electrons. The predicted octanol–water partition coefficient (Wildman–Crippen LogP) is 23.6. The molecule has 0 aliphatic rings. The second kappa shape index (κ2) is 65.7. The minimum Gasteiger partial charge on any atom is -0.462 e. The van der Waals surface area contributed by atoms with Crippen LogP contribution in [0.2, 0.25) is 0 Å². The summed E-state index contributed by atoms with van der Waals surface area (Å²) in [6, 6.07) is 0. The Kier molecular flexibility index (Phi) is 64.1. The Labute approximate surface area is 475 Å². The molecule has 0 saturated heterocycles. The van der Waals surface area contributed by atoms with Crippen LogP contribution in [0.3, 0.4) is 0 Å². The molecule has 0 rings (SSSR count). The molecule has 0 aromatic heterocycles. The maximum absolute atomic E-state index is 12.9. The summed E-state index contributed by atoms with van der Waals surface area (Å²) in [5.74, 6) is -0.839. The number of hydrogen-bond donors (Lipinski definition) is 0. The van der Waals surface area contributed by atoms with Gasteiger partial charge in [-0.3, -0.25) is 14.4 Å². The highest BCUT2D eigenvalue weighted by Gasteiger charge is 2.19. The predicted molar refractivity (Wildman–Crippen MR) is 330 cm³/mol. The van der Waals surface area contributed by atoms with Gasteiger partial charge in [0.1, 0.15) is 13.2 Å². The van der Waals surface area contributed by atoms with E-state index in [1.165, 1.54) is 295 Å². The molecule has 0 amide bonds. The SMILES string of the molecule is CCCCCCCCC/C=C\CCCCCCCC(=O)OCC(COC(=O)CCCCCCCCCCCCCCCCCCCCCCCCC)OC(=O)CCCCCCCCCCCCCCCCCCCCC. The molecule has 0 aliphatic heterocycles. The Balaban J connectivity index is 4.26. The van der Waals surface area contributed by atoms with E-state index in [-0.39, 0.29) is 31.1 Å². The first-order valence-electron chi connectivity index (χ1n) is 34.7. The van der Waals surface area contributed by atoms with Crippen LogP contribution in [0.4, 0.5) is 0 Å². The second-order valence-electron chi connectivity index (χ2n) is 23.8.